The van der Waals surface area contributed by atoms with E-state index in [1.807, 2.05) is 0 Å². The summed E-state index contributed by atoms with van der Waals surface area (Å²) >= 11 is 11.8. The molecule has 2 aromatic rings. The summed E-state index contributed by atoms with van der Waals surface area (Å²) < 4.78 is 4.96. The predicted molar refractivity (Wildman–Crippen MR) is 68.9 cm³/mol. The molecule has 0 radical (unpaired) electrons. The molecule has 0 aliphatic carbocycles. The van der Waals surface area contributed by atoms with Crippen LogP contribution in [0.5, 0.6) is 0 Å². The number of carbonyl (C=O) groups excluding carboxylic acids is 1. The molecule has 0 aliphatic heterocycles. The Labute approximate surface area is 113 Å². The number of aromatic amines is 1. The van der Waals surface area contributed by atoms with Crippen molar-refractivity contribution < 1.29 is 9.53 Å². The number of carbonyl (C=O) groups is 1. The number of imidazole rings is 1. The Morgan fingerprint density at radius 1 is 1.39 bits per heavy atom. The van der Waals surface area contributed by atoms with Crippen LogP contribution in [-0.4, -0.2) is 16.1 Å². The topological polar surface area (TPSA) is 67.0 Å². The first-order valence-electron chi connectivity index (χ1n) is 5.02. The number of ether oxygens (including phenoxy) is 1. The zero-order valence-electron chi connectivity index (χ0n) is 9.11. The van der Waals surface area contributed by atoms with Crippen molar-refractivity contribution in [2.75, 3.05) is 5.32 Å². The van der Waals surface area contributed by atoms with Crippen LogP contribution in [0, 0.1) is 0 Å². The molecule has 0 saturated carbocycles. The van der Waals surface area contributed by atoms with Crippen molar-refractivity contribution in [2.24, 2.45) is 0 Å². The molecule has 1 amide bonds. The van der Waals surface area contributed by atoms with Gasteiger partial charge in [-0.3, -0.25) is 5.32 Å². The molecule has 94 valence electrons. The van der Waals surface area contributed by atoms with Gasteiger partial charge < -0.3 is 9.72 Å². The van der Waals surface area contributed by atoms with Crippen molar-refractivity contribution in [1.29, 1.82) is 0 Å². The van der Waals surface area contributed by atoms with E-state index in [-0.39, 0.29) is 6.61 Å². The Kier molecular flexibility index (Phi) is 4.07. The minimum Gasteiger partial charge on any atom is -0.443 e. The first kappa shape index (κ1) is 12.7. The lowest BCUT2D eigenvalue weighted by Gasteiger charge is -2.09. The van der Waals surface area contributed by atoms with Gasteiger partial charge in [0.25, 0.3) is 0 Å². The normalized spacial score (nSPS) is 10.1. The van der Waals surface area contributed by atoms with Gasteiger partial charge in [-0.1, -0.05) is 29.3 Å². The largest absolute Gasteiger partial charge is 0.443 e. The highest BCUT2D eigenvalue weighted by Gasteiger charge is 2.10. The van der Waals surface area contributed by atoms with Gasteiger partial charge in [0.15, 0.2) is 0 Å². The molecule has 7 heteroatoms. The maximum atomic E-state index is 11.5. The number of anilines is 1. The summed E-state index contributed by atoms with van der Waals surface area (Å²) in [5, 5.41) is 3.18. The van der Waals surface area contributed by atoms with Crippen LogP contribution in [0.3, 0.4) is 0 Å². The Morgan fingerprint density at radius 3 is 2.72 bits per heavy atom. The lowest BCUT2D eigenvalue weighted by atomic mass is 10.3. The number of amides is 1. The number of H-pyrrole nitrogens is 1. The molecule has 1 heterocycles. The second-order valence-electron chi connectivity index (χ2n) is 3.37. The molecule has 0 bridgehead atoms. The van der Waals surface area contributed by atoms with E-state index in [4.69, 9.17) is 27.9 Å². The van der Waals surface area contributed by atoms with Gasteiger partial charge in [0.1, 0.15) is 6.61 Å². The second-order valence-corrected chi connectivity index (χ2v) is 4.19. The fourth-order valence-electron chi connectivity index (χ4n) is 1.26. The number of benzene rings is 1. The molecule has 0 spiro atoms. The van der Waals surface area contributed by atoms with E-state index in [0.29, 0.717) is 21.4 Å². The Balaban J connectivity index is 1.95. The molecule has 2 N–H and O–H groups in total. The van der Waals surface area contributed by atoms with Crippen molar-refractivity contribution in [3.8, 4) is 0 Å². The zero-order chi connectivity index (χ0) is 13.0. The fourth-order valence-corrected chi connectivity index (χ4v) is 1.75. The number of hydrogen-bond donors (Lipinski definition) is 2. The van der Waals surface area contributed by atoms with E-state index >= 15 is 0 Å². The van der Waals surface area contributed by atoms with Gasteiger partial charge in [-0.2, -0.15) is 0 Å². The molecule has 0 atom stereocenters. The Hall–Kier alpha value is -1.72. The third-order valence-corrected chi connectivity index (χ3v) is 2.73. The van der Waals surface area contributed by atoms with E-state index in [1.54, 1.807) is 24.4 Å². The van der Waals surface area contributed by atoms with E-state index in [9.17, 15) is 4.79 Å². The number of halogens is 2. The Bertz CT molecular complexity index is 523. The number of nitrogens with zero attached hydrogens (tertiary/aromatic N) is 1. The molecule has 0 unspecified atom stereocenters. The number of rotatable bonds is 3. The first-order chi connectivity index (χ1) is 8.66. The summed E-state index contributed by atoms with van der Waals surface area (Å²) in [6.07, 6.45) is 2.43. The van der Waals surface area contributed by atoms with Crippen molar-refractivity contribution in [3.05, 3.63) is 46.5 Å². The SMILES string of the molecule is O=C(Nc1c(Cl)cccc1Cl)OCc1cnc[nH]1. The van der Waals surface area contributed by atoms with Crippen molar-refractivity contribution >= 4 is 35.0 Å². The van der Waals surface area contributed by atoms with Gasteiger partial charge in [0, 0.05) is 0 Å². The summed E-state index contributed by atoms with van der Waals surface area (Å²) in [4.78, 5) is 18.1. The molecule has 0 fully saturated rings. The fraction of sp³-hybridized carbons (Fsp3) is 0.0909. The van der Waals surface area contributed by atoms with Gasteiger partial charge in [-0.25, -0.2) is 9.78 Å². The zero-order valence-corrected chi connectivity index (χ0v) is 10.6. The van der Waals surface area contributed by atoms with Gasteiger partial charge >= 0.3 is 6.09 Å². The van der Waals surface area contributed by atoms with E-state index in [0.717, 1.165) is 0 Å². The van der Waals surface area contributed by atoms with Crippen LogP contribution in [0.2, 0.25) is 10.0 Å². The second kappa shape index (κ2) is 5.75. The van der Waals surface area contributed by atoms with Crippen LogP contribution < -0.4 is 5.32 Å². The van der Waals surface area contributed by atoms with Crippen molar-refractivity contribution in [2.45, 2.75) is 6.61 Å². The monoisotopic (exact) mass is 285 g/mol. The average molecular weight is 286 g/mol. The van der Waals surface area contributed by atoms with E-state index in [1.165, 1.54) is 6.33 Å². The third-order valence-electron chi connectivity index (χ3n) is 2.10. The molecule has 1 aromatic carbocycles. The summed E-state index contributed by atoms with van der Waals surface area (Å²) in [5.74, 6) is 0. The van der Waals surface area contributed by atoms with E-state index < -0.39 is 6.09 Å². The minimum atomic E-state index is -0.639. The third kappa shape index (κ3) is 3.15. The van der Waals surface area contributed by atoms with Gasteiger partial charge in [0.05, 0.1) is 34.0 Å². The molecule has 0 saturated heterocycles. The summed E-state index contributed by atoms with van der Waals surface area (Å²) in [5.41, 5.74) is 1.02. The van der Waals surface area contributed by atoms with Crippen molar-refractivity contribution in [3.63, 3.8) is 0 Å². The summed E-state index contributed by atoms with van der Waals surface area (Å²) in [6.45, 7) is 0.0912. The number of aromatic nitrogens is 2. The molecule has 5 nitrogen and oxygen atoms in total. The molecule has 1 aromatic heterocycles. The smallest absolute Gasteiger partial charge is 0.412 e. The van der Waals surface area contributed by atoms with Gasteiger partial charge in [-0.05, 0) is 12.1 Å². The van der Waals surface area contributed by atoms with Crippen LogP contribution >= 0.6 is 23.2 Å². The average Bonchev–Trinajstić information content (AvgIpc) is 2.84. The lowest BCUT2D eigenvalue weighted by molar-refractivity contribution is 0.154. The van der Waals surface area contributed by atoms with Crippen LogP contribution in [0.1, 0.15) is 5.69 Å². The van der Waals surface area contributed by atoms with Crippen LogP contribution in [-0.2, 0) is 11.3 Å². The van der Waals surface area contributed by atoms with Crippen LogP contribution in [0.25, 0.3) is 0 Å². The lowest BCUT2D eigenvalue weighted by Crippen LogP contribution is -2.14. The highest BCUT2D eigenvalue weighted by molar-refractivity contribution is 6.39. The predicted octanol–water partition coefficient (Wildman–Crippen LogP) is 3.47. The molecule has 2 rings (SSSR count). The molecular weight excluding hydrogens is 277 g/mol. The van der Waals surface area contributed by atoms with Gasteiger partial charge in [-0.15, -0.1) is 0 Å². The van der Waals surface area contributed by atoms with Gasteiger partial charge in [0.2, 0.25) is 0 Å². The van der Waals surface area contributed by atoms with Crippen molar-refractivity contribution in [1.82, 2.24) is 9.97 Å². The highest BCUT2D eigenvalue weighted by atomic mass is 35.5. The maximum Gasteiger partial charge on any atom is 0.412 e. The molecule has 0 aliphatic rings. The number of para-hydroxylation sites is 1. The summed E-state index contributed by atoms with van der Waals surface area (Å²) in [7, 11) is 0. The standard InChI is InChI=1S/C11H9Cl2N3O2/c12-8-2-1-3-9(13)10(8)16-11(17)18-5-7-4-14-6-15-7/h1-4,6H,5H2,(H,14,15)(H,16,17). The summed E-state index contributed by atoms with van der Waals surface area (Å²) in [6, 6.07) is 4.93. The Morgan fingerprint density at radius 2 is 2.11 bits per heavy atom. The van der Waals surface area contributed by atoms with Crippen LogP contribution in [0.15, 0.2) is 30.7 Å². The highest BCUT2D eigenvalue weighted by Crippen LogP contribution is 2.29. The van der Waals surface area contributed by atoms with Crippen LogP contribution in [0.4, 0.5) is 10.5 Å². The number of nitrogens with one attached hydrogen (secondary N) is 2. The van der Waals surface area contributed by atoms with E-state index in [2.05, 4.69) is 15.3 Å². The quantitative estimate of drug-likeness (QED) is 0.907. The maximum absolute atomic E-state index is 11.5. The minimum absolute atomic E-state index is 0.0912. The molecular formula is C11H9Cl2N3O2. The molecule has 18 heavy (non-hydrogen) atoms. The first-order valence-corrected chi connectivity index (χ1v) is 5.77. The number of hydrogen-bond acceptors (Lipinski definition) is 3.